The van der Waals surface area contributed by atoms with Crippen LogP contribution >= 0.6 is 0 Å². The van der Waals surface area contributed by atoms with Crippen LogP contribution < -0.4 is 14.2 Å². The standard InChI is InChI=1S/C27H30N4O3/c1-27(2,18-30(3)4)34-21-11-8-19(9-12-21)16-25-28-26-7-5-6-22(31(26)29-25)20-10-13-23-24(17-20)33-15-14-32-23/h5-13,17H,14-16,18H2,1-4H3. The summed E-state index contributed by atoms with van der Waals surface area (Å²) >= 11 is 0. The molecule has 0 amide bonds. The van der Waals surface area contributed by atoms with Crippen molar-refractivity contribution in [3.63, 3.8) is 0 Å². The molecular weight excluding hydrogens is 428 g/mol. The van der Waals surface area contributed by atoms with Crippen molar-refractivity contribution in [1.82, 2.24) is 19.5 Å². The summed E-state index contributed by atoms with van der Waals surface area (Å²) in [6.45, 7) is 6.17. The quantitative estimate of drug-likeness (QED) is 0.407. The van der Waals surface area contributed by atoms with E-state index in [9.17, 15) is 0 Å². The SMILES string of the molecule is CN(C)CC(C)(C)Oc1ccc(Cc2nc3cccc(-c4ccc5c(c4)OCCO5)n3n2)cc1. The van der Waals surface area contributed by atoms with Crippen molar-refractivity contribution >= 4 is 5.65 Å². The fraction of sp³-hybridized carbons (Fsp3) is 0.333. The van der Waals surface area contributed by atoms with Crippen LogP contribution in [0.1, 0.15) is 25.2 Å². The lowest BCUT2D eigenvalue weighted by atomic mass is 10.1. The molecule has 176 valence electrons. The summed E-state index contributed by atoms with van der Waals surface area (Å²) in [5.74, 6) is 3.17. The Morgan fingerprint density at radius 1 is 0.971 bits per heavy atom. The Kier molecular flexibility index (Phi) is 5.87. The molecule has 0 saturated heterocycles. The van der Waals surface area contributed by atoms with E-state index in [1.807, 2.05) is 53.0 Å². The minimum absolute atomic E-state index is 0.265. The lowest BCUT2D eigenvalue weighted by Crippen LogP contribution is -2.39. The average Bonchev–Trinajstić information content (AvgIpc) is 3.21. The average molecular weight is 459 g/mol. The van der Waals surface area contributed by atoms with Crippen LogP contribution in [0.3, 0.4) is 0 Å². The maximum Gasteiger partial charge on any atom is 0.162 e. The van der Waals surface area contributed by atoms with Crippen molar-refractivity contribution in [2.75, 3.05) is 33.9 Å². The molecule has 1 aliphatic rings. The van der Waals surface area contributed by atoms with Crippen LogP contribution in [0.15, 0.2) is 60.7 Å². The topological polar surface area (TPSA) is 61.1 Å². The Labute approximate surface area is 199 Å². The van der Waals surface area contributed by atoms with Crippen molar-refractivity contribution in [1.29, 1.82) is 0 Å². The number of ether oxygens (including phenoxy) is 3. The Bertz CT molecular complexity index is 1300. The Morgan fingerprint density at radius 2 is 1.74 bits per heavy atom. The molecular formula is C27H30N4O3. The van der Waals surface area contributed by atoms with E-state index in [4.69, 9.17) is 24.3 Å². The fourth-order valence-electron chi connectivity index (χ4n) is 4.42. The van der Waals surface area contributed by atoms with Gasteiger partial charge in [0, 0.05) is 18.5 Å². The largest absolute Gasteiger partial charge is 0.487 e. The molecule has 0 spiro atoms. The normalized spacial score (nSPS) is 13.4. The fourth-order valence-corrected chi connectivity index (χ4v) is 4.42. The number of fused-ring (bicyclic) bond motifs is 2. The van der Waals surface area contributed by atoms with E-state index in [0.29, 0.717) is 19.6 Å². The number of benzene rings is 2. The molecule has 3 heterocycles. The lowest BCUT2D eigenvalue weighted by Gasteiger charge is -2.29. The molecule has 0 aliphatic carbocycles. The molecule has 0 bridgehead atoms. The van der Waals surface area contributed by atoms with Crippen molar-refractivity contribution in [3.05, 3.63) is 72.1 Å². The molecule has 1 aliphatic heterocycles. The molecule has 7 nitrogen and oxygen atoms in total. The molecule has 2 aromatic heterocycles. The Morgan fingerprint density at radius 3 is 2.50 bits per heavy atom. The third-order valence-electron chi connectivity index (χ3n) is 5.62. The third kappa shape index (κ3) is 4.84. The van der Waals surface area contributed by atoms with E-state index in [1.165, 1.54) is 0 Å². The van der Waals surface area contributed by atoms with E-state index < -0.39 is 0 Å². The summed E-state index contributed by atoms with van der Waals surface area (Å²) in [7, 11) is 4.10. The molecule has 0 atom stereocenters. The second kappa shape index (κ2) is 8.99. The van der Waals surface area contributed by atoms with Gasteiger partial charge in [0.1, 0.15) is 24.6 Å². The first-order valence-electron chi connectivity index (χ1n) is 11.5. The van der Waals surface area contributed by atoms with Crippen molar-refractivity contribution in [2.45, 2.75) is 25.9 Å². The smallest absolute Gasteiger partial charge is 0.162 e. The molecule has 7 heteroatoms. The predicted octanol–water partition coefficient (Wildman–Crippen LogP) is 4.48. The number of likely N-dealkylation sites (N-methyl/N-ethyl adjacent to an activating group) is 1. The summed E-state index contributed by atoms with van der Waals surface area (Å²) in [6, 6.07) is 20.2. The van der Waals surface area contributed by atoms with E-state index >= 15 is 0 Å². The highest BCUT2D eigenvalue weighted by atomic mass is 16.6. The number of rotatable bonds is 7. The predicted molar refractivity (Wildman–Crippen MR) is 132 cm³/mol. The first-order valence-corrected chi connectivity index (χ1v) is 11.5. The minimum atomic E-state index is -0.265. The molecule has 0 fully saturated rings. The molecule has 34 heavy (non-hydrogen) atoms. The van der Waals surface area contributed by atoms with Gasteiger partial charge in [0.2, 0.25) is 0 Å². The van der Waals surface area contributed by atoms with Gasteiger partial charge in [-0.25, -0.2) is 9.50 Å². The molecule has 0 N–H and O–H groups in total. The maximum atomic E-state index is 6.17. The molecule has 0 unspecified atom stereocenters. The first kappa shape index (κ1) is 22.2. The van der Waals surface area contributed by atoms with E-state index in [0.717, 1.165) is 52.1 Å². The molecule has 4 aromatic rings. The van der Waals surface area contributed by atoms with Crippen LogP contribution in [-0.4, -0.2) is 59.0 Å². The number of hydrogen-bond acceptors (Lipinski definition) is 6. The molecule has 0 saturated carbocycles. The molecule has 5 rings (SSSR count). The second-order valence-corrected chi connectivity index (χ2v) is 9.49. The van der Waals surface area contributed by atoms with Gasteiger partial charge in [-0.15, -0.1) is 0 Å². The number of aromatic nitrogens is 3. The Balaban J connectivity index is 1.36. The summed E-state index contributed by atoms with van der Waals surface area (Å²) < 4.78 is 19.5. The Hall–Kier alpha value is -3.58. The van der Waals surface area contributed by atoms with Crippen LogP contribution in [0.25, 0.3) is 16.9 Å². The van der Waals surface area contributed by atoms with Gasteiger partial charge in [-0.3, -0.25) is 0 Å². The zero-order valence-electron chi connectivity index (χ0n) is 20.1. The zero-order valence-corrected chi connectivity index (χ0v) is 20.1. The third-order valence-corrected chi connectivity index (χ3v) is 5.62. The van der Waals surface area contributed by atoms with E-state index in [2.05, 4.69) is 45.0 Å². The number of pyridine rings is 1. The summed E-state index contributed by atoms with van der Waals surface area (Å²) in [5, 5.41) is 4.81. The maximum absolute atomic E-state index is 6.17. The highest BCUT2D eigenvalue weighted by Crippen LogP contribution is 2.34. The van der Waals surface area contributed by atoms with E-state index in [1.54, 1.807) is 0 Å². The van der Waals surface area contributed by atoms with E-state index in [-0.39, 0.29) is 5.60 Å². The van der Waals surface area contributed by atoms with Crippen LogP contribution in [0.2, 0.25) is 0 Å². The zero-order chi connectivity index (χ0) is 23.7. The minimum Gasteiger partial charge on any atom is -0.487 e. The van der Waals surface area contributed by atoms with Gasteiger partial charge in [0.05, 0.1) is 5.69 Å². The highest BCUT2D eigenvalue weighted by molar-refractivity contribution is 5.66. The first-order chi connectivity index (χ1) is 16.4. The van der Waals surface area contributed by atoms with Gasteiger partial charge < -0.3 is 19.1 Å². The van der Waals surface area contributed by atoms with Crippen molar-refractivity contribution < 1.29 is 14.2 Å². The van der Waals surface area contributed by atoms with Crippen LogP contribution in [0.5, 0.6) is 17.2 Å². The summed E-state index contributed by atoms with van der Waals surface area (Å²) in [4.78, 5) is 6.88. The van der Waals surface area contributed by atoms with Crippen LogP contribution in [0, 0.1) is 0 Å². The number of nitrogens with zero attached hydrogens (tertiary/aromatic N) is 4. The molecule has 2 aromatic carbocycles. The second-order valence-electron chi connectivity index (χ2n) is 9.49. The monoisotopic (exact) mass is 458 g/mol. The van der Waals surface area contributed by atoms with Gasteiger partial charge in [-0.1, -0.05) is 18.2 Å². The van der Waals surface area contributed by atoms with Gasteiger partial charge in [-0.05, 0) is 76.0 Å². The van der Waals surface area contributed by atoms with Crippen molar-refractivity contribution in [2.24, 2.45) is 0 Å². The van der Waals surface area contributed by atoms with Gasteiger partial charge in [-0.2, -0.15) is 5.10 Å². The lowest BCUT2D eigenvalue weighted by molar-refractivity contribution is 0.0774. The van der Waals surface area contributed by atoms with Crippen LogP contribution in [0.4, 0.5) is 0 Å². The summed E-state index contributed by atoms with van der Waals surface area (Å²) in [6.07, 6.45) is 0.642. The van der Waals surface area contributed by atoms with Crippen molar-refractivity contribution in [3.8, 4) is 28.5 Å². The summed E-state index contributed by atoms with van der Waals surface area (Å²) in [5.41, 5.74) is 3.65. The van der Waals surface area contributed by atoms with Gasteiger partial charge in [0.25, 0.3) is 0 Å². The highest BCUT2D eigenvalue weighted by Gasteiger charge is 2.21. The van der Waals surface area contributed by atoms with Gasteiger partial charge >= 0.3 is 0 Å². The number of hydrogen-bond donors (Lipinski definition) is 0. The molecule has 0 radical (unpaired) electrons. The van der Waals surface area contributed by atoms with Crippen LogP contribution in [-0.2, 0) is 6.42 Å². The van der Waals surface area contributed by atoms with Gasteiger partial charge in [0.15, 0.2) is 23.0 Å².